The van der Waals surface area contributed by atoms with Crippen LogP contribution in [0.1, 0.15) is 11.4 Å². The van der Waals surface area contributed by atoms with E-state index in [-0.39, 0.29) is 0 Å². The molecule has 0 amide bonds. The molecule has 0 N–H and O–H groups in total. The zero-order valence-corrected chi connectivity index (χ0v) is 15.4. The van der Waals surface area contributed by atoms with Crippen LogP contribution < -0.4 is 9.47 Å². The van der Waals surface area contributed by atoms with Crippen LogP contribution in [0, 0.1) is 0 Å². The van der Waals surface area contributed by atoms with E-state index in [2.05, 4.69) is 22.5 Å². The number of ether oxygens (including phenoxy) is 2. The van der Waals surface area contributed by atoms with E-state index < -0.39 is 0 Å². The van der Waals surface area contributed by atoms with Gasteiger partial charge in [-0.05, 0) is 11.6 Å². The number of rotatable bonds is 5. The first-order valence-electron chi connectivity index (χ1n) is 8.28. The Bertz CT molecular complexity index is 1040. The summed E-state index contributed by atoms with van der Waals surface area (Å²) in [5, 5.41) is 2.15. The van der Waals surface area contributed by atoms with Gasteiger partial charge in [-0.25, -0.2) is 9.97 Å². The van der Waals surface area contributed by atoms with Crippen molar-refractivity contribution in [3.8, 4) is 22.6 Å². The smallest absolute Gasteiger partial charge is 0.133 e. The maximum atomic E-state index is 5.49. The van der Waals surface area contributed by atoms with Crippen molar-refractivity contribution in [2.24, 2.45) is 0 Å². The van der Waals surface area contributed by atoms with Crippen LogP contribution in [0.5, 0.6) is 11.5 Å². The molecule has 26 heavy (non-hydrogen) atoms. The molecular weight excluding hydrogens is 344 g/mol. The fraction of sp³-hybridized carbons (Fsp3) is 0.143. The van der Waals surface area contributed by atoms with Crippen molar-refractivity contribution < 1.29 is 9.47 Å². The Kier molecular flexibility index (Phi) is 4.54. The van der Waals surface area contributed by atoms with Gasteiger partial charge in [-0.2, -0.15) is 0 Å². The second-order valence-corrected chi connectivity index (χ2v) is 6.78. The van der Waals surface area contributed by atoms with Crippen LogP contribution >= 0.6 is 11.3 Å². The Balaban J connectivity index is 1.72. The van der Waals surface area contributed by atoms with Crippen LogP contribution in [0.4, 0.5) is 0 Å². The van der Waals surface area contributed by atoms with Gasteiger partial charge < -0.3 is 9.47 Å². The van der Waals surface area contributed by atoms with E-state index in [1.54, 1.807) is 25.6 Å². The van der Waals surface area contributed by atoms with Gasteiger partial charge in [-0.3, -0.25) is 0 Å². The van der Waals surface area contributed by atoms with Crippen molar-refractivity contribution in [1.29, 1.82) is 0 Å². The predicted molar refractivity (Wildman–Crippen MR) is 105 cm³/mol. The van der Waals surface area contributed by atoms with Crippen molar-refractivity contribution in [3.63, 3.8) is 0 Å². The van der Waals surface area contributed by atoms with Gasteiger partial charge in [0.2, 0.25) is 0 Å². The number of benzene rings is 2. The Morgan fingerprint density at radius 1 is 1.00 bits per heavy atom. The fourth-order valence-electron chi connectivity index (χ4n) is 2.94. The van der Waals surface area contributed by atoms with E-state index in [9.17, 15) is 0 Å². The summed E-state index contributed by atoms with van der Waals surface area (Å²) < 4.78 is 11.8. The quantitative estimate of drug-likeness (QED) is 0.503. The molecule has 0 aliphatic carbocycles. The van der Waals surface area contributed by atoms with Crippen LogP contribution in [0.3, 0.4) is 0 Å². The van der Waals surface area contributed by atoms with Gasteiger partial charge in [0.1, 0.15) is 17.3 Å². The molecule has 0 aliphatic rings. The van der Waals surface area contributed by atoms with Crippen LogP contribution in [0.15, 0.2) is 60.1 Å². The first kappa shape index (κ1) is 16.5. The molecule has 0 fully saturated rings. The summed E-state index contributed by atoms with van der Waals surface area (Å²) >= 11 is 1.67. The third-order valence-corrected chi connectivity index (χ3v) is 5.20. The standard InChI is InChI=1S/C21H18N2O2S/c1-24-16-9-8-15(18(11-16)25-2)10-20-22-12-19-21(23-20)17(13-26-19)14-6-4-3-5-7-14/h3-9,11-13H,10H2,1-2H3. The van der Waals surface area contributed by atoms with Gasteiger partial charge in [-0.1, -0.05) is 36.4 Å². The molecule has 4 aromatic rings. The molecule has 4 nitrogen and oxygen atoms in total. The zero-order valence-electron chi connectivity index (χ0n) is 14.6. The molecule has 0 saturated carbocycles. The molecule has 2 heterocycles. The highest BCUT2D eigenvalue weighted by molar-refractivity contribution is 7.17. The largest absolute Gasteiger partial charge is 0.497 e. The van der Waals surface area contributed by atoms with Gasteiger partial charge >= 0.3 is 0 Å². The van der Waals surface area contributed by atoms with Gasteiger partial charge in [0.15, 0.2) is 0 Å². The van der Waals surface area contributed by atoms with E-state index in [4.69, 9.17) is 14.5 Å². The van der Waals surface area contributed by atoms with Crippen LogP contribution in [0.2, 0.25) is 0 Å². The number of thiophene rings is 1. The van der Waals surface area contributed by atoms with E-state index in [1.807, 2.05) is 42.6 Å². The van der Waals surface area contributed by atoms with Gasteiger partial charge in [0.25, 0.3) is 0 Å². The lowest BCUT2D eigenvalue weighted by Crippen LogP contribution is -1.99. The Labute approximate surface area is 156 Å². The molecule has 0 unspecified atom stereocenters. The highest BCUT2D eigenvalue weighted by Gasteiger charge is 2.12. The molecule has 2 aromatic carbocycles. The van der Waals surface area contributed by atoms with Gasteiger partial charge in [-0.15, -0.1) is 11.3 Å². The molecule has 0 spiro atoms. The van der Waals surface area contributed by atoms with Crippen molar-refractivity contribution in [2.75, 3.05) is 14.2 Å². The predicted octanol–water partition coefficient (Wildman–Crippen LogP) is 4.97. The maximum absolute atomic E-state index is 5.49. The number of aromatic nitrogens is 2. The molecular formula is C21H18N2O2S. The Morgan fingerprint density at radius 2 is 1.85 bits per heavy atom. The minimum atomic E-state index is 0.604. The minimum absolute atomic E-state index is 0.604. The zero-order chi connectivity index (χ0) is 17.9. The molecule has 0 saturated heterocycles. The molecule has 0 radical (unpaired) electrons. The minimum Gasteiger partial charge on any atom is -0.497 e. The normalized spacial score (nSPS) is 10.8. The average Bonchev–Trinajstić information content (AvgIpc) is 3.12. The second-order valence-electron chi connectivity index (χ2n) is 5.87. The summed E-state index contributed by atoms with van der Waals surface area (Å²) in [5.41, 5.74) is 4.35. The molecule has 0 aliphatic heterocycles. The van der Waals surface area contributed by atoms with Crippen molar-refractivity contribution >= 4 is 21.6 Å². The monoisotopic (exact) mass is 362 g/mol. The molecule has 2 aromatic heterocycles. The molecule has 0 atom stereocenters. The molecule has 5 heteroatoms. The Morgan fingerprint density at radius 3 is 2.62 bits per heavy atom. The van der Waals surface area contributed by atoms with Crippen molar-refractivity contribution in [3.05, 3.63) is 71.5 Å². The number of hydrogen-bond acceptors (Lipinski definition) is 5. The van der Waals surface area contributed by atoms with Crippen LogP contribution in [0.25, 0.3) is 21.3 Å². The lowest BCUT2D eigenvalue weighted by molar-refractivity contribution is 0.391. The van der Waals surface area contributed by atoms with Gasteiger partial charge in [0, 0.05) is 35.2 Å². The van der Waals surface area contributed by atoms with E-state index >= 15 is 0 Å². The average molecular weight is 362 g/mol. The second kappa shape index (κ2) is 7.14. The first-order chi connectivity index (χ1) is 12.8. The first-order valence-corrected chi connectivity index (χ1v) is 9.16. The highest BCUT2D eigenvalue weighted by atomic mass is 32.1. The van der Waals surface area contributed by atoms with Crippen LogP contribution in [-0.2, 0) is 6.42 Å². The summed E-state index contributed by atoms with van der Waals surface area (Å²) in [6, 6.07) is 16.1. The summed E-state index contributed by atoms with van der Waals surface area (Å²) in [4.78, 5) is 9.38. The van der Waals surface area contributed by atoms with Crippen molar-refractivity contribution in [2.45, 2.75) is 6.42 Å². The number of methoxy groups -OCH3 is 2. The summed E-state index contributed by atoms with van der Waals surface area (Å²) in [5.74, 6) is 2.32. The highest BCUT2D eigenvalue weighted by Crippen LogP contribution is 2.33. The molecule has 130 valence electrons. The number of fused-ring (bicyclic) bond motifs is 1. The van der Waals surface area contributed by atoms with Crippen LogP contribution in [-0.4, -0.2) is 24.2 Å². The summed E-state index contributed by atoms with van der Waals surface area (Å²) in [6.45, 7) is 0. The van der Waals surface area contributed by atoms with Gasteiger partial charge in [0.05, 0.1) is 24.4 Å². The van der Waals surface area contributed by atoms with Crippen molar-refractivity contribution in [1.82, 2.24) is 9.97 Å². The summed E-state index contributed by atoms with van der Waals surface area (Å²) in [7, 11) is 3.31. The topological polar surface area (TPSA) is 44.2 Å². The Hall–Kier alpha value is -2.92. The third kappa shape index (κ3) is 3.13. The molecule has 0 bridgehead atoms. The maximum Gasteiger partial charge on any atom is 0.133 e. The SMILES string of the molecule is COc1ccc(Cc2ncc3scc(-c4ccccc4)c3n2)c(OC)c1. The number of hydrogen-bond donors (Lipinski definition) is 0. The van der Waals surface area contributed by atoms with E-state index in [0.29, 0.717) is 6.42 Å². The third-order valence-electron chi connectivity index (χ3n) is 4.29. The van der Waals surface area contributed by atoms with E-state index in [1.165, 1.54) is 5.56 Å². The lowest BCUT2D eigenvalue weighted by atomic mass is 10.1. The number of nitrogens with zero attached hydrogens (tertiary/aromatic N) is 2. The molecule has 4 rings (SSSR count). The fourth-order valence-corrected chi connectivity index (χ4v) is 3.81. The summed E-state index contributed by atoms with van der Waals surface area (Å²) in [6.07, 6.45) is 2.51. The van der Waals surface area contributed by atoms with E-state index in [0.717, 1.165) is 38.7 Å². The lowest BCUT2D eigenvalue weighted by Gasteiger charge is -2.10.